The summed E-state index contributed by atoms with van der Waals surface area (Å²) in [5, 5.41) is 7.52. The van der Waals surface area contributed by atoms with Gasteiger partial charge in [-0.2, -0.15) is 5.10 Å². The van der Waals surface area contributed by atoms with Crippen LogP contribution in [0.1, 0.15) is 12.6 Å². The molecule has 1 N–H and O–H groups in total. The highest BCUT2D eigenvalue weighted by molar-refractivity contribution is 5.44. The van der Waals surface area contributed by atoms with Gasteiger partial charge >= 0.3 is 0 Å². The predicted octanol–water partition coefficient (Wildman–Crippen LogP) is 0.429. The summed E-state index contributed by atoms with van der Waals surface area (Å²) in [7, 11) is 1.68. The monoisotopic (exact) mass is 264 g/mol. The first-order valence-electron chi connectivity index (χ1n) is 6.39. The minimum Gasteiger partial charge on any atom is -0.383 e. The van der Waals surface area contributed by atoms with Gasteiger partial charge in [-0.15, -0.1) is 0 Å². The van der Waals surface area contributed by atoms with Crippen molar-refractivity contribution in [2.75, 3.05) is 20.3 Å². The molecule has 0 spiro atoms. The summed E-state index contributed by atoms with van der Waals surface area (Å²) in [5.41, 5.74) is 1.45. The summed E-state index contributed by atoms with van der Waals surface area (Å²) in [4.78, 5) is 12.2. The largest absolute Gasteiger partial charge is 0.383 e. The zero-order valence-electron chi connectivity index (χ0n) is 11.6. The van der Waals surface area contributed by atoms with Gasteiger partial charge in [0.2, 0.25) is 0 Å². The highest BCUT2D eigenvalue weighted by Gasteiger charge is 2.05. The fourth-order valence-corrected chi connectivity index (χ4v) is 2.06. The van der Waals surface area contributed by atoms with Crippen LogP contribution in [0, 0.1) is 6.92 Å². The van der Waals surface area contributed by atoms with Crippen LogP contribution in [0.3, 0.4) is 0 Å². The minimum absolute atomic E-state index is 0.00991. The van der Waals surface area contributed by atoms with Crippen LogP contribution in [0.25, 0.3) is 5.52 Å². The molecule has 2 aromatic heterocycles. The number of rotatable bonds is 6. The van der Waals surface area contributed by atoms with E-state index in [1.807, 2.05) is 13.1 Å². The van der Waals surface area contributed by atoms with Gasteiger partial charge in [0, 0.05) is 38.6 Å². The first-order valence-corrected chi connectivity index (χ1v) is 6.39. The number of aryl methyl sites for hydroxylation is 1. The molecule has 0 bridgehead atoms. The first-order chi connectivity index (χ1) is 9.11. The molecule has 0 aliphatic heterocycles. The van der Waals surface area contributed by atoms with E-state index in [4.69, 9.17) is 4.74 Å². The van der Waals surface area contributed by atoms with Gasteiger partial charge in [0.1, 0.15) is 5.52 Å². The lowest BCUT2D eigenvalue weighted by Crippen LogP contribution is -2.34. The molecule has 0 amide bonds. The smallest absolute Gasteiger partial charge is 0.276 e. The van der Waals surface area contributed by atoms with E-state index >= 15 is 0 Å². The van der Waals surface area contributed by atoms with Crippen LogP contribution in [0.5, 0.6) is 0 Å². The normalized spacial score (nSPS) is 13.0. The van der Waals surface area contributed by atoms with Crippen molar-refractivity contribution in [2.24, 2.45) is 0 Å². The van der Waals surface area contributed by atoms with Gasteiger partial charge in [-0.05, 0) is 19.9 Å². The average molecular weight is 264 g/mol. The molecule has 0 aromatic carbocycles. The highest BCUT2D eigenvalue weighted by atomic mass is 16.5. The average Bonchev–Trinajstić information content (AvgIpc) is 2.74. The molecule has 104 valence electrons. The number of nitrogens with zero attached hydrogens (tertiary/aromatic N) is 3. The van der Waals surface area contributed by atoms with E-state index in [2.05, 4.69) is 17.3 Å². The Morgan fingerprint density at radius 3 is 3.00 bits per heavy atom. The van der Waals surface area contributed by atoms with Crippen molar-refractivity contribution in [2.45, 2.75) is 26.4 Å². The second-order valence-corrected chi connectivity index (χ2v) is 4.72. The van der Waals surface area contributed by atoms with E-state index in [1.165, 1.54) is 0 Å². The number of ether oxygens (including phenoxy) is 1. The molecule has 0 saturated carbocycles. The van der Waals surface area contributed by atoms with E-state index in [-0.39, 0.29) is 11.6 Å². The number of hydrogen-bond donors (Lipinski definition) is 1. The molecule has 0 saturated heterocycles. The van der Waals surface area contributed by atoms with Crippen LogP contribution < -0.4 is 10.9 Å². The number of fused-ring (bicyclic) bond motifs is 1. The molecule has 2 aromatic rings. The number of aromatic nitrogens is 3. The van der Waals surface area contributed by atoms with Gasteiger partial charge in [0.15, 0.2) is 0 Å². The summed E-state index contributed by atoms with van der Waals surface area (Å²) >= 11 is 0. The summed E-state index contributed by atoms with van der Waals surface area (Å²) in [5.74, 6) is 0. The lowest BCUT2D eigenvalue weighted by atomic mass is 10.3. The van der Waals surface area contributed by atoms with Crippen molar-refractivity contribution in [1.82, 2.24) is 19.5 Å². The Hall–Kier alpha value is -1.66. The molecule has 0 aliphatic rings. The summed E-state index contributed by atoms with van der Waals surface area (Å²) in [6.07, 6.45) is 3.58. The second-order valence-electron chi connectivity index (χ2n) is 4.72. The lowest BCUT2D eigenvalue weighted by Gasteiger charge is -2.13. The van der Waals surface area contributed by atoms with Gasteiger partial charge < -0.3 is 14.6 Å². The fourth-order valence-electron chi connectivity index (χ4n) is 2.06. The molecule has 2 rings (SSSR count). The molecule has 2 heterocycles. The fraction of sp³-hybridized carbons (Fsp3) is 0.538. The molecule has 0 fully saturated rings. The van der Waals surface area contributed by atoms with Crippen molar-refractivity contribution >= 4 is 5.52 Å². The molecule has 1 atom stereocenters. The maximum atomic E-state index is 12.2. The number of hydrogen-bond acceptors (Lipinski definition) is 4. The lowest BCUT2D eigenvalue weighted by molar-refractivity contribution is 0.172. The van der Waals surface area contributed by atoms with Crippen LogP contribution in [0.15, 0.2) is 23.3 Å². The van der Waals surface area contributed by atoms with Gasteiger partial charge in [-0.25, -0.2) is 4.52 Å². The highest BCUT2D eigenvalue weighted by Crippen LogP contribution is 1.99. The maximum Gasteiger partial charge on any atom is 0.276 e. The Morgan fingerprint density at radius 1 is 1.47 bits per heavy atom. The van der Waals surface area contributed by atoms with E-state index < -0.39 is 0 Å². The number of nitrogens with one attached hydrogen (secondary N) is 1. The standard InChI is InChI=1S/C13H20N4O2/c1-10-8-12-13(18)16(6-7-17(12)15-10)5-4-14-11(2)9-19-3/h6-8,11,14H,4-5,9H2,1-3H3. The van der Waals surface area contributed by atoms with Crippen LogP contribution in [-0.2, 0) is 11.3 Å². The molecule has 0 aliphatic carbocycles. The third kappa shape index (κ3) is 3.21. The summed E-state index contributed by atoms with van der Waals surface area (Å²) in [6, 6.07) is 2.08. The molecular weight excluding hydrogens is 244 g/mol. The van der Waals surface area contributed by atoms with E-state index in [0.29, 0.717) is 18.7 Å². The van der Waals surface area contributed by atoms with Crippen LogP contribution >= 0.6 is 0 Å². The zero-order chi connectivity index (χ0) is 13.8. The number of methoxy groups -OCH3 is 1. The third-order valence-electron chi connectivity index (χ3n) is 2.99. The van der Waals surface area contributed by atoms with Crippen molar-refractivity contribution in [3.63, 3.8) is 0 Å². The predicted molar refractivity (Wildman–Crippen MR) is 73.5 cm³/mol. The second kappa shape index (κ2) is 5.99. The Bertz CT molecular complexity index is 602. The summed E-state index contributed by atoms with van der Waals surface area (Å²) in [6.45, 7) is 5.96. The Balaban J connectivity index is 2.05. The van der Waals surface area contributed by atoms with Crippen molar-refractivity contribution in [3.8, 4) is 0 Å². The minimum atomic E-state index is -0.00991. The Labute approximate surface area is 112 Å². The van der Waals surface area contributed by atoms with E-state index in [9.17, 15) is 4.79 Å². The quantitative estimate of drug-likeness (QED) is 0.822. The Kier molecular flexibility index (Phi) is 4.34. The van der Waals surface area contributed by atoms with Gasteiger partial charge in [-0.3, -0.25) is 4.79 Å². The van der Waals surface area contributed by atoms with Crippen LogP contribution in [0.2, 0.25) is 0 Å². The van der Waals surface area contributed by atoms with Crippen molar-refractivity contribution < 1.29 is 4.74 Å². The van der Waals surface area contributed by atoms with Gasteiger partial charge in [0.05, 0.1) is 12.3 Å². The van der Waals surface area contributed by atoms with E-state index in [1.54, 1.807) is 28.5 Å². The van der Waals surface area contributed by atoms with E-state index in [0.717, 1.165) is 12.2 Å². The molecule has 6 heteroatoms. The van der Waals surface area contributed by atoms with Crippen molar-refractivity contribution in [1.29, 1.82) is 0 Å². The maximum absolute atomic E-state index is 12.2. The first kappa shape index (κ1) is 13.8. The Morgan fingerprint density at radius 2 is 2.26 bits per heavy atom. The molecular formula is C13H20N4O2. The third-order valence-corrected chi connectivity index (χ3v) is 2.99. The summed E-state index contributed by atoms with van der Waals surface area (Å²) < 4.78 is 8.37. The van der Waals surface area contributed by atoms with Crippen LogP contribution in [-0.4, -0.2) is 40.5 Å². The van der Waals surface area contributed by atoms with Crippen LogP contribution in [0.4, 0.5) is 0 Å². The molecule has 0 radical (unpaired) electrons. The zero-order valence-corrected chi connectivity index (χ0v) is 11.6. The molecule has 1 unspecified atom stereocenters. The topological polar surface area (TPSA) is 60.6 Å². The molecule has 6 nitrogen and oxygen atoms in total. The van der Waals surface area contributed by atoms with Crippen molar-refractivity contribution in [3.05, 3.63) is 34.5 Å². The SMILES string of the molecule is COCC(C)NCCn1ccn2nc(C)cc2c1=O. The molecule has 19 heavy (non-hydrogen) atoms. The van der Waals surface area contributed by atoms with Gasteiger partial charge in [-0.1, -0.05) is 0 Å². The van der Waals surface area contributed by atoms with Gasteiger partial charge in [0.25, 0.3) is 5.56 Å².